The van der Waals surface area contributed by atoms with Crippen molar-refractivity contribution in [1.82, 2.24) is 9.97 Å². The number of benzene rings is 1. The standard InChI is InChI=1S/C11H5F5N2O/c12-8-2-1-6(3-7(8)11(14,15)16)19-10-4-9(13)17-5-18-10/h1-5H. The third kappa shape index (κ3) is 3.15. The summed E-state index contributed by atoms with van der Waals surface area (Å²) in [6, 6.07) is 2.84. The molecule has 0 aliphatic carbocycles. The molecule has 0 spiro atoms. The predicted molar refractivity (Wildman–Crippen MR) is 53.5 cm³/mol. The molecule has 0 unspecified atom stereocenters. The molecule has 0 saturated carbocycles. The van der Waals surface area contributed by atoms with E-state index < -0.39 is 23.5 Å². The van der Waals surface area contributed by atoms with E-state index in [1.807, 2.05) is 0 Å². The lowest BCUT2D eigenvalue weighted by atomic mass is 10.2. The van der Waals surface area contributed by atoms with Crippen molar-refractivity contribution in [3.05, 3.63) is 47.9 Å². The summed E-state index contributed by atoms with van der Waals surface area (Å²) in [4.78, 5) is 6.66. The summed E-state index contributed by atoms with van der Waals surface area (Å²) >= 11 is 0. The minimum atomic E-state index is -4.85. The summed E-state index contributed by atoms with van der Waals surface area (Å²) in [5, 5.41) is 0. The molecule has 0 radical (unpaired) electrons. The largest absolute Gasteiger partial charge is 0.439 e. The number of aromatic nitrogens is 2. The molecule has 1 aromatic carbocycles. The number of hydrogen-bond acceptors (Lipinski definition) is 3. The topological polar surface area (TPSA) is 35.0 Å². The quantitative estimate of drug-likeness (QED) is 0.621. The fourth-order valence-corrected chi connectivity index (χ4v) is 1.28. The highest BCUT2D eigenvalue weighted by Gasteiger charge is 2.34. The number of rotatable bonds is 2. The van der Waals surface area contributed by atoms with Gasteiger partial charge in [-0.05, 0) is 18.2 Å². The Morgan fingerprint density at radius 3 is 2.37 bits per heavy atom. The number of alkyl halides is 3. The van der Waals surface area contributed by atoms with Gasteiger partial charge in [0.05, 0.1) is 11.6 Å². The fraction of sp³-hybridized carbons (Fsp3) is 0.0909. The molecule has 0 amide bonds. The maximum atomic E-state index is 13.0. The highest BCUT2D eigenvalue weighted by atomic mass is 19.4. The lowest BCUT2D eigenvalue weighted by molar-refractivity contribution is -0.140. The van der Waals surface area contributed by atoms with E-state index in [1.165, 1.54) is 0 Å². The summed E-state index contributed by atoms with van der Waals surface area (Å²) in [7, 11) is 0. The maximum absolute atomic E-state index is 13.0. The molecule has 8 heteroatoms. The van der Waals surface area contributed by atoms with Crippen molar-refractivity contribution in [2.45, 2.75) is 6.18 Å². The molecule has 0 N–H and O–H groups in total. The second-order valence-corrected chi connectivity index (χ2v) is 3.42. The molecule has 19 heavy (non-hydrogen) atoms. The van der Waals surface area contributed by atoms with Crippen LogP contribution in [0.15, 0.2) is 30.6 Å². The van der Waals surface area contributed by atoms with Gasteiger partial charge >= 0.3 is 6.18 Å². The molecule has 1 aromatic heterocycles. The molecule has 0 fully saturated rings. The normalized spacial score (nSPS) is 11.4. The average Bonchev–Trinajstić information content (AvgIpc) is 2.30. The number of halogens is 5. The Labute approximate surface area is 103 Å². The first-order chi connectivity index (χ1) is 8.86. The molecule has 0 aliphatic heterocycles. The van der Waals surface area contributed by atoms with Crippen LogP contribution in [0.1, 0.15) is 5.56 Å². The summed E-state index contributed by atoms with van der Waals surface area (Å²) in [5.74, 6) is -2.92. The van der Waals surface area contributed by atoms with Crippen LogP contribution in [0, 0.1) is 11.8 Å². The fourth-order valence-electron chi connectivity index (χ4n) is 1.28. The van der Waals surface area contributed by atoms with Crippen LogP contribution in [0.5, 0.6) is 11.6 Å². The first kappa shape index (κ1) is 13.2. The van der Waals surface area contributed by atoms with Gasteiger partial charge in [-0.15, -0.1) is 0 Å². The number of hydrogen-bond donors (Lipinski definition) is 0. The maximum Gasteiger partial charge on any atom is 0.419 e. The smallest absolute Gasteiger partial charge is 0.419 e. The molecule has 0 bridgehead atoms. The van der Waals surface area contributed by atoms with Gasteiger partial charge in [0.2, 0.25) is 11.8 Å². The Morgan fingerprint density at radius 1 is 1.00 bits per heavy atom. The Balaban J connectivity index is 2.32. The summed E-state index contributed by atoms with van der Waals surface area (Å²) in [6.07, 6.45) is -4.00. The zero-order chi connectivity index (χ0) is 14.0. The second-order valence-electron chi connectivity index (χ2n) is 3.42. The zero-order valence-electron chi connectivity index (χ0n) is 9.08. The van der Waals surface area contributed by atoms with Gasteiger partial charge in [-0.25, -0.2) is 14.4 Å². The van der Waals surface area contributed by atoms with E-state index in [-0.39, 0.29) is 11.6 Å². The third-order valence-corrected chi connectivity index (χ3v) is 2.07. The Hall–Kier alpha value is -2.25. The van der Waals surface area contributed by atoms with E-state index in [0.717, 1.165) is 18.5 Å². The minimum Gasteiger partial charge on any atom is -0.439 e. The molecular formula is C11H5F5N2O. The second kappa shape index (κ2) is 4.79. The van der Waals surface area contributed by atoms with Crippen molar-refractivity contribution < 1.29 is 26.7 Å². The van der Waals surface area contributed by atoms with Gasteiger partial charge in [-0.2, -0.15) is 17.6 Å². The molecule has 1 heterocycles. The van der Waals surface area contributed by atoms with Crippen LogP contribution in [-0.2, 0) is 6.18 Å². The molecule has 2 rings (SSSR count). The highest BCUT2D eigenvalue weighted by molar-refractivity contribution is 5.33. The minimum absolute atomic E-state index is 0.285. The third-order valence-electron chi connectivity index (χ3n) is 2.07. The Morgan fingerprint density at radius 2 is 1.74 bits per heavy atom. The van der Waals surface area contributed by atoms with Gasteiger partial charge in [-0.1, -0.05) is 0 Å². The summed E-state index contributed by atoms with van der Waals surface area (Å²) in [5.41, 5.74) is -1.47. The van der Waals surface area contributed by atoms with Crippen molar-refractivity contribution in [3.63, 3.8) is 0 Å². The van der Waals surface area contributed by atoms with Crippen molar-refractivity contribution in [3.8, 4) is 11.6 Å². The van der Waals surface area contributed by atoms with Crippen molar-refractivity contribution in [2.75, 3.05) is 0 Å². The average molecular weight is 276 g/mol. The molecule has 0 atom stereocenters. The van der Waals surface area contributed by atoms with Crippen molar-refractivity contribution >= 4 is 0 Å². The van der Waals surface area contributed by atoms with Crippen LogP contribution in [0.2, 0.25) is 0 Å². The van der Waals surface area contributed by atoms with Gasteiger partial charge in [0.1, 0.15) is 17.9 Å². The molecule has 2 aromatic rings. The zero-order valence-corrected chi connectivity index (χ0v) is 9.08. The van der Waals surface area contributed by atoms with Crippen LogP contribution in [0.25, 0.3) is 0 Å². The first-order valence-corrected chi connectivity index (χ1v) is 4.88. The molecule has 3 nitrogen and oxygen atoms in total. The van der Waals surface area contributed by atoms with Crippen LogP contribution >= 0.6 is 0 Å². The monoisotopic (exact) mass is 276 g/mol. The van der Waals surface area contributed by atoms with Crippen molar-refractivity contribution in [2.24, 2.45) is 0 Å². The van der Waals surface area contributed by atoms with Crippen LogP contribution < -0.4 is 4.74 Å². The van der Waals surface area contributed by atoms with E-state index in [9.17, 15) is 22.0 Å². The van der Waals surface area contributed by atoms with Crippen LogP contribution in [-0.4, -0.2) is 9.97 Å². The van der Waals surface area contributed by atoms with Gasteiger partial charge < -0.3 is 4.74 Å². The van der Waals surface area contributed by atoms with E-state index in [4.69, 9.17) is 4.74 Å². The summed E-state index contributed by atoms with van der Waals surface area (Å²) in [6.45, 7) is 0. The van der Waals surface area contributed by atoms with E-state index >= 15 is 0 Å². The number of nitrogens with zero attached hydrogens (tertiary/aromatic N) is 2. The van der Waals surface area contributed by atoms with E-state index in [0.29, 0.717) is 12.1 Å². The Bertz CT molecular complexity index is 600. The lowest BCUT2D eigenvalue weighted by Crippen LogP contribution is -2.08. The molecular weight excluding hydrogens is 271 g/mol. The first-order valence-electron chi connectivity index (χ1n) is 4.88. The Kier molecular flexibility index (Phi) is 3.32. The number of ether oxygens (including phenoxy) is 1. The van der Waals surface area contributed by atoms with Crippen LogP contribution in [0.4, 0.5) is 22.0 Å². The summed E-state index contributed by atoms with van der Waals surface area (Å²) < 4.78 is 68.0. The van der Waals surface area contributed by atoms with Crippen LogP contribution in [0.3, 0.4) is 0 Å². The van der Waals surface area contributed by atoms with E-state index in [2.05, 4.69) is 9.97 Å². The molecule has 0 aliphatic rings. The van der Waals surface area contributed by atoms with Gasteiger partial charge in [0, 0.05) is 0 Å². The van der Waals surface area contributed by atoms with Crippen molar-refractivity contribution in [1.29, 1.82) is 0 Å². The predicted octanol–water partition coefficient (Wildman–Crippen LogP) is 3.57. The SMILES string of the molecule is Fc1cc(Oc2ccc(F)c(C(F)(F)F)c2)ncn1. The van der Waals surface area contributed by atoms with Gasteiger partial charge in [0.25, 0.3) is 0 Å². The van der Waals surface area contributed by atoms with Gasteiger partial charge in [-0.3, -0.25) is 0 Å². The lowest BCUT2D eigenvalue weighted by Gasteiger charge is -2.10. The highest BCUT2D eigenvalue weighted by Crippen LogP contribution is 2.34. The molecule has 100 valence electrons. The van der Waals surface area contributed by atoms with Gasteiger partial charge in [0.15, 0.2) is 0 Å². The van der Waals surface area contributed by atoms with E-state index in [1.54, 1.807) is 0 Å². The molecule has 0 saturated heterocycles.